The number of anilines is 2. The quantitative estimate of drug-likeness (QED) is 0.576. The zero-order valence-electron chi connectivity index (χ0n) is 14.8. The summed E-state index contributed by atoms with van der Waals surface area (Å²) in [4.78, 5) is 13.6. The number of nitrogens with one attached hydrogen (secondary N) is 2. The minimum absolute atomic E-state index is 0.0963. The first kappa shape index (κ1) is 19.9. The second-order valence-corrected chi connectivity index (χ2v) is 8.35. The number of carbonyl (C=O) groups is 1. The van der Waals surface area contributed by atoms with E-state index in [1.54, 1.807) is 24.3 Å². The molecule has 0 heterocycles. The van der Waals surface area contributed by atoms with Crippen molar-refractivity contribution in [2.24, 2.45) is 0 Å². The highest BCUT2D eigenvalue weighted by molar-refractivity contribution is 7.98. The van der Waals surface area contributed by atoms with Crippen molar-refractivity contribution in [2.45, 2.75) is 9.79 Å². The number of thioether (sulfide) groups is 1. The van der Waals surface area contributed by atoms with E-state index in [1.165, 1.54) is 60.3 Å². The van der Waals surface area contributed by atoms with Crippen LogP contribution in [0.3, 0.4) is 0 Å². The van der Waals surface area contributed by atoms with Crippen molar-refractivity contribution in [3.05, 3.63) is 84.2 Å². The van der Waals surface area contributed by atoms with E-state index in [4.69, 9.17) is 0 Å². The second-order valence-electron chi connectivity index (χ2n) is 5.79. The summed E-state index contributed by atoms with van der Waals surface area (Å²) in [6.45, 7) is 0. The Morgan fingerprint density at radius 3 is 2.21 bits per heavy atom. The van der Waals surface area contributed by atoms with Crippen molar-refractivity contribution >= 4 is 39.1 Å². The van der Waals surface area contributed by atoms with E-state index in [0.717, 1.165) is 4.90 Å². The predicted octanol–water partition coefficient (Wildman–Crippen LogP) is 4.60. The molecule has 0 bridgehead atoms. The monoisotopic (exact) mass is 416 g/mol. The highest BCUT2D eigenvalue weighted by Crippen LogP contribution is 2.23. The second kappa shape index (κ2) is 8.45. The maximum absolute atomic E-state index is 13.0. The van der Waals surface area contributed by atoms with Crippen LogP contribution in [0.2, 0.25) is 0 Å². The molecule has 0 spiro atoms. The van der Waals surface area contributed by atoms with Gasteiger partial charge in [-0.15, -0.1) is 11.8 Å². The van der Waals surface area contributed by atoms with Crippen LogP contribution in [0.1, 0.15) is 10.4 Å². The Hall–Kier alpha value is -2.84. The fraction of sp³-hybridized carbons (Fsp3) is 0.0500. The molecule has 0 fully saturated rings. The summed E-state index contributed by atoms with van der Waals surface area (Å²) >= 11 is 1.51. The largest absolute Gasteiger partial charge is 0.322 e. The highest BCUT2D eigenvalue weighted by Gasteiger charge is 2.18. The lowest BCUT2D eigenvalue weighted by Gasteiger charge is -2.13. The first-order chi connectivity index (χ1) is 13.4. The number of amides is 1. The Morgan fingerprint density at radius 1 is 0.929 bits per heavy atom. The summed E-state index contributed by atoms with van der Waals surface area (Å²) in [5, 5.41) is 2.62. The van der Waals surface area contributed by atoms with E-state index in [2.05, 4.69) is 10.0 Å². The summed E-state index contributed by atoms with van der Waals surface area (Å²) in [6.07, 6.45) is 1.90. The van der Waals surface area contributed by atoms with E-state index < -0.39 is 21.7 Å². The molecule has 8 heteroatoms. The van der Waals surface area contributed by atoms with Crippen molar-refractivity contribution in [1.82, 2.24) is 0 Å². The third kappa shape index (κ3) is 4.71. The smallest absolute Gasteiger partial charge is 0.261 e. The zero-order valence-corrected chi connectivity index (χ0v) is 16.5. The summed E-state index contributed by atoms with van der Waals surface area (Å²) in [7, 11) is -3.86. The van der Waals surface area contributed by atoms with Crippen molar-refractivity contribution in [1.29, 1.82) is 0 Å². The van der Waals surface area contributed by atoms with E-state index in [-0.39, 0.29) is 16.1 Å². The van der Waals surface area contributed by atoms with Crippen molar-refractivity contribution in [2.75, 3.05) is 16.3 Å². The molecule has 1 amide bonds. The fourth-order valence-electron chi connectivity index (χ4n) is 2.46. The zero-order chi connectivity index (χ0) is 20.1. The van der Waals surface area contributed by atoms with Gasteiger partial charge in [0.2, 0.25) is 0 Å². The summed E-state index contributed by atoms with van der Waals surface area (Å²) in [6, 6.07) is 18.0. The molecule has 3 rings (SSSR count). The predicted molar refractivity (Wildman–Crippen MR) is 110 cm³/mol. The number of carbonyl (C=O) groups excluding carboxylic acids is 1. The molecule has 0 saturated heterocycles. The van der Waals surface area contributed by atoms with Gasteiger partial charge in [0.1, 0.15) is 5.82 Å². The van der Waals surface area contributed by atoms with Gasteiger partial charge in [0.15, 0.2) is 0 Å². The van der Waals surface area contributed by atoms with Crippen LogP contribution in [-0.2, 0) is 10.0 Å². The van der Waals surface area contributed by atoms with Crippen LogP contribution in [-0.4, -0.2) is 20.6 Å². The van der Waals surface area contributed by atoms with Gasteiger partial charge < -0.3 is 5.32 Å². The molecule has 0 aliphatic rings. The lowest BCUT2D eigenvalue weighted by molar-refractivity contribution is 0.102. The van der Waals surface area contributed by atoms with Crippen LogP contribution in [0.15, 0.2) is 82.6 Å². The first-order valence-corrected chi connectivity index (χ1v) is 10.9. The Labute approximate surface area is 167 Å². The Bertz CT molecular complexity index is 1080. The Morgan fingerprint density at radius 2 is 1.57 bits per heavy atom. The molecule has 144 valence electrons. The third-order valence-corrected chi connectivity index (χ3v) is 6.01. The molecule has 3 aromatic rings. The van der Waals surface area contributed by atoms with E-state index >= 15 is 0 Å². The van der Waals surface area contributed by atoms with E-state index in [0.29, 0.717) is 5.69 Å². The van der Waals surface area contributed by atoms with Gasteiger partial charge in [0, 0.05) is 10.6 Å². The summed E-state index contributed by atoms with van der Waals surface area (Å²) < 4.78 is 40.8. The average molecular weight is 416 g/mol. The third-order valence-electron chi connectivity index (χ3n) is 3.89. The first-order valence-electron chi connectivity index (χ1n) is 8.22. The van der Waals surface area contributed by atoms with Crippen LogP contribution >= 0.6 is 11.8 Å². The Balaban J connectivity index is 1.84. The lowest BCUT2D eigenvalue weighted by Crippen LogP contribution is -2.18. The highest BCUT2D eigenvalue weighted by atomic mass is 32.2. The van der Waals surface area contributed by atoms with Gasteiger partial charge in [0.25, 0.3) is 15.9 Å². The maximum atomic E-state index is 13.0. The van der Waals surface area contributed by atoms with Gasteiger partial charge in [-0.05, 0) is 66.9 Å². The number of benzene rings is 3. The van der Waals surface area contributed by atoms with Crippen molar-refractivity contribution in [3.63, 3.8) is 0 Å². The molecule has 2 N–H and O–H groups in total. The van der Waals surface area contributed by atoms with Crippen LogP contribution < -0.4 is 10.0 Å². The van der Waals surface area contributed by atoms with E-state index in [9.17, 15) is 17.6 Å². The molecule has 5 nitrogen and oxygen atoms in total. The topological polar surface area (TPSA) is 75.3 Å². The minimum Gasteiger partial charge on any atom is -0.322 e. The molecule has 0 radical (unpaired) electrons. The molecule has 28 heavy (non-hydrogen) atoms. The molecule has 0 atom stereocenters. The Kier molecular flexibility index (Phi) is 6.01. The van der Waals surface area contributed by atoms with E-state index in [1.807, 2.05) is 6.26 Å². The summed E-state index contributed by atoms with van der Waals surface area (Å²) in [5.74, 6) is -0.929. The number of halogens is 1. The normalized spacial score (nSPS) is 11.1. The molecule has 0 aliphatic heterocycles. The number of para-hydroxylation sites is 1. The molecule has 3 aromatic carbocycles. The molecular formula is C20H17FN2O3S2. The molecular weight excluding hydrogens is 399 g/mol. The van der Waals surface area contributed by atoms with Crippen LogP contribution in [0.25, 0.3) is 0 Å². The fourth-order valence-corrected chi connectivity index (χ4v) is 3.95. The number of sulfonamides is 1. The minimum atomic E-state index is -3.86. The van der Waals surface area contributed by atoms with Crippen molar-refractivity contribution < 1.29 is 17.6 Å². The van der Waals surface area contributed by atoms with Gasteiger partial charge in [0.05, 0.1) is 16.1 Å². The van der Waals surface area contributed by atoms with Crippen molar-refractivity contribution in [3.8, 4) is 0 Å². The SMILES string of the molecule is CSc1ccc(S(=O)(=O)Nc2ccccc2C(=O)Nc2ccc(F)cc2)cc1. The number of hydrogen-bond acceptors (Lipinski definition) is 4. The average Bonchev–Trinajstić information content (AvgIpc) is 2.70. The van der Waals surface area contributed by atoms with Gasteiger partial charge in [-0.1, -0.05) is 12.1 Å². The van der Waals surface area contributed by atoms with Gasteiger partial charge in [-0.3, -0.25) is 9.52 Å². The number of hydrogen-bond donors (Lipinski definition) is 2. The standard InChI is InChI=1S/C20H17FN2O3S2/c1-27-16-10-12-17(13-11-16)28(25,26)23-19-5-3-2-4-18(19)20(24)22-15-8-6-14(21)7-9-15/h2-13,23H,1H3,(H,22,24). The summed E-state index contributed by atoms with van der Waals surface area (Å²) in [5.41, 5.74) is 0.698. The van der Waals surface area contributed by atoms with Crippen LogP contribution in [0.5, 0.6) is 0 Å². The van der Waals surface area contributed by atoms with Gasteiger partial charge in [-0.25, -0.2) is 12.8 Å². The molecule has 0 saturated carbocycles. The molecule has 0 aromatic heterocycles. The number of rotatable bonds is 6. The maximum Gasteiger partial charge on any atom is 0.261 e. The molecule has 0 aliphatic carbocycles. The van der Waals surface area contributed by atoms with Gasteiger partial charge in [-0.2, -0.15) is 0 Å². The lowest BCUT2D eigenvalue weighted by atomic mass is 10.1. The molecule has 0 unspecified atom stereocenters. The van der Waals surface area contributed by atoms with Crippen LogP contribution in [0, 0.1) is 5.82 Å². The van der Waals surface area contributed by atoms with Crippen LogP contribution in [0.4, 0.5) is 15.8 Å². The van der Waals surface area contributed by atoms with Gasteiger partial charge >= 0.3 is 0 Å².